The first-order valence-electron chi connectivity index (χ1n) is 10.5. The van der Waals surface area contributed by atoms with Crippen molar-refractivity contribution in [1.29, 1.82) is 0 Å². The summed E-state index contributed by atoms with van der Waals surface area (Å²) < 4.78 is 26.7. The number of aromatic amines is 1. The second kappa shape index (κ2) is 7.63. The van der Waals surface area contributed by atoms with Gasteiger partial charge in [0, 0.05) is 13.0 Å². The minimum absolute atomic E-state index is 0.00411. The first-order chi connectivity index (χ1) is 15.4. The average Bonchev–Trinajstić information content (AvgIpc) is 3.62. The summed E-state index contributed by atoms with van der Waals surface area (Å²) in [7, 11) is 0. The maximum Gasteiger partial charge on any atom is 0.256 e. The topological polar surface area (TPSA) is 86.3 Å². The average molecular weight is 437 g/mol. The van der Waals surface area contributed by atoms with Crippen LogP contribution >= 0.6 is 0 Å². The van der Waals surface area contributed by atoms with Crippen molar-refractivity contribution in [3.63, 3.8) is 0 Å². The fraction of sp³-hybridized carbons (Fsp3) is 0.292. The standard InChI is InChI=1S/C24H21F2N3O3/c25-17-7-6-14(12-18(17)26)20(30)22(32)29-11-8-19-16(13-29)21(31)28-23(27-19)24(9-10-24)15-4-2-1-3-5-15/h1-7,12,20,30H,8-11,13H2,(H,27,28,31). The van der Waals surface area contributed by atoms with Crippen LogP contribution in [0.5, 0.6) is 0 Å². The van der Waals surface area contributed by atoms with Crippen molar-refractivity contribution in [1.82, 2.24) is 14.9 Å². The van der Waals surface area contributed by atoms with E-state index in [1.54, 1.807) is 0 Å². The number of amides is 1. The van der Waals surface area contributed by atoms with Gasteiger partial charge in [0.05, 0.1) is 23.2 Å². The normalized spacial score (nSPS) is 17.5. The molecule has 1 saturated carbocycles. The Kier molecular flexibility index (Phi) is 4.89. The lowest BCUT2D eigenvalue weighted by Gasteiger charge is -2.30. The van der Waals surface area contributed by atoms with Crippen LogP contribution < -0.4 is 5.56 Å². The van der Waals surface area contributed by atoms with Crippen LogP contribution in [0.2, 0.25) is 0 Å². The maximum absolute atomic E-state index is 13.5. The molecule has 1 fully saturated rings. The summed E-state index contributed by atoms with van der Waals surface area (Å²) in [6, 6.07) is 12.8. The largest absolute Gasteiger partial charge is 0.378 e. The summed E-state index contributed by atoms with van der Waals surface area (Å²) in [5, 5.41) is 10.4. The van der Waals surface area contributed by atoms with Crippen molar-refractivity contribution in [2.45, 2.75) is 37.3 Å². The van der Waals surface area contributed by atoms with Gasteiger partial charge in [-0.3, -0.25) is 9.59 Å². The van der Waals surface area contributed by atoms with Crippen molar-refractivity contribution >= 4 is 5.91 Å². The number of hydrogen-bond acceptors (Lipinski definition) is 4. The molecule has 3 aromatic rings. The van der Waals surface area contributed by atoms with Gasteiger partial charge < -0.3 is 15.0 Å². The lowest BCUT2D eigenvalue weighted by Crippen LogP contribution is -2.42. The number of aliphatic hydroxyl groups is 1. The van der Waals surface area contributed by atoms with Crippen LogP contribution in [0.1, 0.15) is 47.2 Å². The van der Waals surface area contributed by atoms with E-state index in [4.69, 9.17) is 4.98 Å². The van der Waals surface area contributed by atoms with Gasteiger partial charge in [-0.2, -0.15) is 0 Å². The third-order valence-electron chi connectivity index (χ3n) is 6.40. The fourth-order valence-corrected chi connectivity index (χ4v) is 4.38. The number of hydrogen-bond donors (Lipinski definition) is 2. The molecule has 1 amide bonds. The molecule has 0 bridgehead atoms. The Hall–Kier alpha value is -3.39. The van der Waals surface area contributed by atoms with E-state index in [0.29, 0.717) is 23.5 Å². The molecule has 1 atom stereocenters. The molecular weight excluding hydrogens is 416 g/mol. The van der Waals surface area contributed by atoms with Gasteiger partial charge in [-0.15, -0.1) is 0 Å². The Labute approximate surface area is 182 Å². The third kappa shape index (κ3) is 3.40. The molecule has 2 heterocycles. The van der Waals surface area contributed by atoms with Gasteiger partial charge in [0.15, 0.2) is 17.7 Å². The summed E-state index contributed by atoms with van der Waals surface area (Å²) >= 11 is 0. The Morgan fingerprint density at radius 1 is 1.12 bits per heavy atom. The van der Waals surface area contributed by atoms with Gasteiger partial charge in [-0.1, -0.05) is 36.4 Å². The molecule has 164 valence electrons. The van der Waals surface area contributed by atoms with Gasteiger partial charge >= 0.3 is 0 Å². The molecule has 2 N–H and O–H groups in total. The Bertz CT molecular complexity index is 1260. The summed E-state index contributed by atoms with van der Waals surface area (Å²) in [6.45, 7) is 0.261. The van der Waals surface area contributed by atoms with E-state index in [9.17, 15) is 23.5 Å². The molecule has 0 spiro atoms. The van der Waals surface area contributed by atoms with E-state index < -0.39 is 23.6 Å². The predicted octanol–water partition coefficient (Wildman–Crippen LogP) is 2.75. The monoisotopic (exact) mass is 437 g/mol. The molecule has 1 aliphatic carbocycles. The predicted molar refractivity (Wildman–Crippen MR) is 112 cm³/mol. The van der Waals surface area contributed by atoms with Gasteiger partial charge in [-0.05, 0) is 36.1 Å². The van der Waals surface area contributed by atoms with E-state index in [0.717, 1.165) is 36.6 Å². The summed E-state index contributed by atoms with van der Waals surface area (Å²) in [5.74, 6) is -2.22. The van der Waals surface area contributed by atoms with Crippen LogP contribution in [-0.4, -0.2) is 32.4 Å². The SMILES string of the molecule is O=C(C(O)c1ccc(F)c(F)c1)N1CCc2nc(C3(c4ccccc4)CC3)[nH]c(=O)c2C1. The number of aliphatic hydroxyl groups excluding tert-OH is 1. The Morgan fingerprint density at radius 2 is 1.88 bits per heavy atom. The molecular formula is C24H21F2N3O3. The van der Waals surface area contributed by atoms with Crippen LogP contribution in [0.25, 0.3) is 0 Å². The molecule has 1 unspecified atom stereocenters. The number of nitrogens with one attached hydrogen (secondary N) is 1. The number of benzene rings is 2. The molecule has 1 aromatic heterocycles. The highest BCUT2D eigenvalue weighted by atomic mass is 19.2. The van der Waals surface area contributed by atoms with Crippen LogP contribution in [0, 0.1) is 11.6 Å². The second-order valence-corrected chi connectivity index (χ2v) is 8.37. The number of carbonyl (C=O) groups excluding carboxylic acids is 1. The van der Waals surface area contributed by atoms with Crippen molar-refractivity contribution in [3.05, 3.63) is 98.7 Å². The highest BCUT2D eigenvalue weighted by molar-refractivity contribution is 5.82. The number of H-pyrrole nitrogens is 1. The molecule has 1 aliphatic heterocycles. The third-order valence-corrected chi connectivity index (χ3v) is 6.40. The zero-order valence-electron chi connectivity index (χ0n) is 17.1. The van der Waals surface area contributed by atoms with E-state index >= 15 is 0 Å². The smallest absolute Gasteiger partial charge is 0.256 e. The molecule has 8 heteroatoms. The van der Waals surface area contributed by atoms with Crippen molar-refractivity contribution in [3.8, 4) is 0 Å². The van der Waals surface area contributed by atoms with Crippen LogP contribution in [0.4, 0.5) is 8.78 Å². The lowest BCUT2D eigenvalue weighted by molar-refractivity contribution is -0.141. The van der Waals surface area contributed by atoms with Crippen LogP contribution in [0.3, 0.4) is 0 Å². The highest BCUT2D eigenvalue weighted by Crippen LogP contribution is 2.51. The number of halogens is 2. The van der Waals surface area contributed by atoms with E-state index in [-0.39, 0.29) is 29.6 Å². The highest BCUT2D eigenvalue weighted by Gasteiger charge is 2.48. The lowest BCUT2D eigenvalue weighted by atomic mass is 9.94. The van der Waals surface area contributed by atoms with Crippen molar-refractivity contribution < 1.29 is 18.7 Å². The van der Waals surface area contributed by atoms with Crippen molar-refractivity contribution in [2.75, 3.05) is 6.54 Å². The van der Waals surface area contributed by atoms with E-state index in [1.165, 1.54) is 4.90 Å². The molecule has 0 saturated heterocycles. The minimum Gasteiger partial charge on any atom is -0.378 e. The number of fused-ring (bicyclic) bond motifs is 1. The zero-order chi connectivity index (χ0) is 22.5. The number of nitrogens with zero attached hydrogens (tertiary/aromatic N) is 2. The summed E-state index contributed by atoms with van der Waals surface area (Å²) in [6.07, 6.45) is 0.534. The Morgan fingerprint density at radius 3 is 2.56 bits per heavy atom. The van der Waals surface area contributed by atoms with Gasteiger partial charge in [0.2, 0.25) is 0 Å². The maximum atomic E-state index is 13.5. The minimum atomic E-state index is -1.65. The van der Waals surface area contributed by atoms with Gasteiger partial charge in [0.1, 0.15) is 5.82 Å². The van der Waals surface area contributed by atoms with E-state index in [2.05, 4.69) is 4.98 Å². The number of carbonyl (C=O) groups is 1. The van der Waals surface area contributed by atoms with E-state index in [1.807, 2.05) is 30.3 Å². The molecule has 6 nitrogen and oxygen atoms in total. The zero-order valence-corrected chi connectivity index (χ0v) is 17.1. The quantitative estimate of drug-likeness (QED) is 0.657. The van der Waals surface area contributed by atoms with Crippen LogP contribution in [-0.2, 0) is 23.2 Å². The molecule has 0 radical (unpaired) electrons. The first-order valence-corrected chi connectivity index (χ1v) is 10.5. The summed E-state index contributed by atoms with van der Waals surface area (Å²) in [4.78, 5) is 34.7. The molecule has 32 heavy (non-hydrogen) atoms. The molecule has 5 rings (SSSR count). The number of rotatable bonds is 4. The van der Waals surface area contributed by atoms with Crippen molar-refractivity contribution in [2.24, 2.45) is 0 Å². The Balaban J connectivity index is 1.39. The molecule has 2 aliphatic rings. The van der Waals surface area contributed by atoms with Gasteiger partial charge in [-0.25, -0.2) is 13.8 Å². The number of aromatic nitrogens is 2. The van der Waals surface area contributed by atoms with Gasteiger partial charge in [0.25, 0.3) is 11.5 Å². The summed E-state index contributed by atoms with van der Waals surface area (Å²) in [5.41, 5.74) is 1.54. The second-order valence-electron chi connectivity index (χ2n) is 8.37. The first kappa shape index (κ1) is 20.5. The van der Waals surface area contributed by atoms with Crippen LogP contribution in [0.15, 0.2) is 53.3 Å². The fourth-order valence-electron chi connectivity index (χ4n) is 4.38. The molecule has 2 aromatic carbocycles.